The number of rotatable bonds is 5. The Balaban J connectivity index is 1.48. The van der Waals surface area contributed by atoms with Crippen molar-refractivity contribution in [2.45, 2.75) is 20.0 Å². The zero-order valence-electron chi connectivity index (χ0n) is 15.5. The van der Waals surface area contributed by atoms with Crippen molar-refractivity contribution in [3.05, 3.63) is 59.9 Å². The number of pyridine rings is 1. The Morgan fingerprint density at radius 3 is 2.81 bits per heavy atom. The Bertz CT molecular complexity index is 944. The largest absolute Gasteiger partial charge is 0.378 e. The molecule has 0 unspecified atom stereocenters. The molecule has 1 aromatic carbocycles. The maximum Gasteiger partial charge on any atom is 0.268 e. The maximum atomic E-state index is 12.8. The molecule has 3 heterocycles. The molecule has 1 fully saturated rings. The van der Waals surface area contributed by atoms with Gasteiger partial charge in [-0.15, -0.1) is 0 Å². The Morgan fingerprint density at radius 2 is 2.00 bits per heavy atom. The van der Waals surface area contributed by atoms with E-state index < -0.39 is 0 Å². The van der Waals surface area contributed by atoms with Crippen LogP contribution in [0.15, 0.2) is 48.7 Å². The van der Waals surface area contributed by atoms with Crippen molar-refractivity contribution in [2.24, 2.45) is 0 Å². The van der Waals surface area contributed by atoms with E-state index in [2.05, 4.69) is 26.7 Å². The van der Waals surface area contributed by atoms with Crippen LogP contribution in [0.4, 0.5) is 5.82 Å². The molecule has 0 bridgehead atoms. The van der Waals surface area contributed by atoms with Crippen LogP contribution in [0.5, 0.6) is 0 Å². The summed E-state index contributed by atoms with van der Waals surface area (Å²) in [5.41, 5.74) is 2.82. The normalized spacial score (nSPS) is 14.5. The summed E-state index contributed by atoms with van der Waals surface area (Å²) in [6.07, 6.45) is 1.80. The van der Waals surface area contributed by atoms with Gasteiger partial charge in [0.2, 0.25) is 0 Å². The molecule has 0 radical (unpaired) electrons. The lowest BCUT2D eigenvalue weighted by Gasteiger charge is -2.28. The van der Waals surface area contributed by atoms with Gasteiger partial charge in [-0.1, -0.05) is 18.2 Å². The lowest BCUT2D eigenvalue weighted by atomic mass is 10.2. The van der Waals surface area contributed by atoms with Crippen LogP contribution in [0.3, 0.4) is 0 Å². The smallest absolute Gasteiger partial charge is 0.268 e. The molecule has 140 valence electrons. The molecule has 2 aromatic heterocycles. The number of para-hydroxylation sites is 1. The topological polar surface area (TPSA) is 59.4 Å². The Morgan fingerprint density at radius 1 is 1.19 bits per heavy atom. The molecular formula is C21H24N4O2. The van der Waals surface area contributed by atoms with E-state index in [1.807, 2.05) is 42.5 Å². The molecule has 1 N–H and O–H groups in total. The van der Waals surface area contributed by atoms with E-state index in [4.69, 9.17) is 4.74 Å². The molecule has 1 aliphatic heterocycles. The number of nitrogens with one attached hydrogen (secondary N) is 1. The minimum Gasteiger partial charge on any atom is -0.378 e. The number of carbonyl (C=O) groups is 1. The van der Waals surface area contributed by atoms with Crippen LogP contribution in [0.2, 0.25) is 0 Å². The highest BCUT2D eigenvalue weighted by Gasteiger charge is 2.15. The molecule has 1 aliphatic rings. The van der Waals surface area contributed by atoms with Crippen LogP contribution in [0.25, 0.3) is 10.9 Å². The zero-order valence-corrected chi connectivity index (χ0v) is 15.5. The van der Waals surface area contributed by atoms with Gasteiger partial charge in [-0.2, -0.15) is 0 Å². The SMILES string of the molecule is CCn1c(C(=O)NCc2ccnc(N3CCOCC3)c2)cc2ccccc21. The highest BCUT2D eigenvalue weighted by molar-refractivity contribution is 5.98. The highest BCUT2D eigenvalue weighted by atomic mass is 16.5. The van der Waals surface area contributed by atoms with E-state index in [9.17, 15) is 4.79 Å². The van der Waals surface area contributed by atoms with Crippen LogP contribution in [-0.4, -0.2) is 41.8 Å². The predicted octanol–water partition coefficient (Wildman–Crippen LogP) is 2.82. The Hall–Kier alpha value is -2.86. The van der Waals surface area contributed by atoms with Gasteiger partial charge in [0.25, 0.3) is 5.91 Å². The molecule has 1 amide bonds. The fourth-order valence-corrected chi connectivity index (χ4v) is 3.55. The van der Waals surface area contributed by atoms with Gasteiger partial charge in [0.1, 0.15) is 11.5 Å². The number of ether oxygens (including phenoxy) is 1. The number of aromatic nitrogens is 2. The summed E-state index contributed by atoms with van der Waals surface area (Å²) in [6.45, 7) is 6.44. The molecule has 0 spiro atoms. The van der Waals surface area contributed by atoms with Gasteiger partial charge >= 0.3 is 0 Å². The lowest BCUT2D eigenvalue weighted by molar-refractivity contribution is 0.0942. The predicted molar refractivity (Wildman–Crippen MR) is 106 cm³/mol. The van der Waals surface area contributed by atoms with Gasteiger partial charge in [0, 0.05) is 43.3 Å². The Kier molecular flexibility index (Phi) is 5.07. The number of aryl methyl sites for hydroxylation is 1. The van der Waals surface area contributed by atoms with Crippen LogP contribution in [0, 0.1) is 0 Å². The second-order valence-electron chi connectivity index (χ2n) is 6.64. The number of nitrogens with zero attached hydrogens (tertiary/aromatic N) is 3. The van der Waals surface area contributed by atoms with E-state index in [0.29, 0.717) is 12.2 Å². The fourth-order valence-electron chi connectivity index (χ4n) is 3.55. The first-order valence-electron chi connectivity index (χ1n) is 9.40. The van der Waals surface area contributed by atoms with E-state index in [1.165, 1.54) is 0 Å². The third-order valence-corrected chi connectivity index (χ3v) is 4.96. The zero-order chi connectivity index (χ0) is 18.6. The number of anilines is 1. The second kappa shape index (κ2) is 7.80. The summed E-state index contributed by atoms with van der Waals surface area (Å²) >= 11 is 0. The number of carbonyl (C=O) groups excluding carboxylic acids is 1. The van der Waals surface area contributed by atoms with Crippen LogP contribution < -0.4 is 10.2 Å². The molecule has 6 heteroatoms. The van der Waals surface area contributed by atoms with Gasteiger partial charge in [-0.05, 0) is 36.8 Å². The van der Waals surface area contributed by atoms with E-state index in [0.717, 1.165) is 55.1 Å². The molecule has 3 aromatic rings. The fraction of sp³-hybridized carbons (Fsp3) is 0.333. The van der Waals surface area contributed by atoms with Crippen molar-refractivity contribution >= 4 is 22.6 Å². The minimum atomic E-state index is -0.0576. The van der Waals surface area contributed by atoms with Crippen molar-refractivity contribution in [2.75, 3.05) is 31.2 Å². The van der Waals surface area contributed by atoms with E-state index in [1.54, 1.807) is 6.20 Å². The molecule has 4 rings (SSSR count). The van der Waals surface area contributed by atoms with Crippen molar-refractivity contribution in [3.63, 3.8) is 0 Å². The number of amides is 1. The Labute approximate surface area is 158 Å². The summed E-state index contributed by atoms with van der Waals surface area (Å²) in [4.78, 5) is 19.4. The maximum absolute atomic E-state index is 12.8. The molecule has 1 saturated heterocycles. The van der Waals surface area contributed by atoms with Gasteiger partial charge < -0.3 is 19.5 Å². The summed E-state index contributed by atoms with van der Waals surface area (Å²) in [5, 5.41) is 4.14. The molecule has 0 atom stereocenters. The number of fused-ring (bicyclic) bond motifs is 1. The molecular weight excluding hydrogens is 340 g/mol. The first-order valence-corrected chi connectivity index (χ1v) is 9.40. The number of benzene rings is 1. The van der Waals surface area contributed by atoms with Crippen molar-refractivity contribution in [3.8, 4) is 0 Å². The minimum absolute atomic E-state index is 0.0576. The first kappa shape index (κ1) is 17.5. The molecule has 27 heavy (non-hydrogen) atoms. The second-order valence-corrected chi connectivity index (χ2v) is 6.64. The van der Waals surface area contributed by atoms with Crippen molar-refractivity contribution in [1.29, 1.82) is 0 Å². The summed E-state index contributed by atoms with van der Waals surface area (Å²) in [7, 11) is 0. The van der Waals surface area contributed by atoms with Gasteiger partial charge in [0.05, 0.1) is 13.2 Å². The third-order valence-electron chi connectivity index (χ3n) is 4.96. The average molecular weight is 364 g/mol. The van der Waals surface area contributed by atoms with Crippen molar-refractivity contribution in [1.82, 2.24) is 14.9 Å². The van der Waals surface area contributed by atoms with E-state index >= 15 is 0 Å². The number of hydrogen-bond donors (Lipinski definition) is 1. The van der Waals surface area contributed by atoms with Gasteiger partial charge in [-0.3, -0.25) is 4.79 Å². The van der Waals surface area contributed by atoms with Crippen LogP contribution in [0.1, 0.15) is 23.0 Å². The average Bonchev–Trinajstić information content (AvgIpc) is 3.11. The standard InChI is InChI=1S/C21H24N4O2/c1-2-25-18-6-4-3-5-17(18)14-19(25)21(26)23-15-16-7-8-22-20(13-16)24-9-11-27-12-10-24/h3-8,13-14H,2,9-12,15H2,1H3,(H,23,26). The summed E-state index contributed by atoms with van der Waals surface area (Å²) in [5.74, 6) is 0.880. The molecule has 0 saturated carbocycles. The van der Waals surface area contributed by atoms with Gasteiger partial charge in [0.15, 0.2) is 0 Å². The first-order chi connectivity index (χ1) is 13.3. The van der Waals surface area contributed by atoms with Gasteiger partial charge in [-0.25, -0.2) is 4.98 Å². The summed E-state index contributed by atoms with van der Waals surface area (Å²) in [6, 6.07) is 14.0. The number of hydrogen-bond acceptors (Lipinski definition) is 4. The molecule has 6 nitrogen and oxygen atoms in total. The van der Waals surface area contributed by atoms with E-state index in [-0.39, 0.29) is 5.91 Å². The van der Waals surface area contributed by atoms with Crippen LogP contribution in [-0.2, 0) is 17.8 Å². The highest BCUT2D eigenvalue weighted by Crippen LogP contribution is 2.20. The lowest BCUT2D eigenvalue weighted by Crippen LogP contribution is -2.36. The van der Waals surface area contributed by atoms with Crippen LogP contribution >= 0.6 is 0 Å². The molecule has 0 aliphatic carbocycles. The third kappa shape index (κ3) is 3.66. The monoisotopic (exact) mass is 364 g/mol. The van der Waals surface area contributed by atoms with Crippen molar-refractivity contribution < 1.29 is 9.53 Å². The number of morpholine rings is 1. The summed E-state index contributed by atoms with van der Waals surface area (Å²) < 4.78 is 7.45. The quantitative estimate of drug-likeness (QED) is 0.756.